The Morgan fingerprint density at radius 3 is 2.36 bits per heavy atom. The highest BCUT2D eigenvalue weighted by Gasteiger charge is 2.41. The summed E-state index contributed by atoms with van der Waals surface area (Å²) in [5.74, 6) is -2.32. The quantitative estimate of drug-likeness (QED) is 0.493. The van der Waals surface area contributed by atoms with Gasteiger partial charge in [0, 0.05) is 24.1 Å². The van der Waals surface area contributed by atoms with E-state index < -0.39 is 17.9 Å². The van der Waals surface area contributed by atoms with Gasteiger partial charge in [-0.25, -0.2) is 4.39 Å². The number of allylic oxidation sites excluding steroid dienone is 1. The number of carbonyl (C=O) groups excluding carboxylic acids is 2. The Hall–Kier alpha value is -4.26. The number of para-hydroxylation sites is 2. The molecule has 0 radical (unpaired) electrons. The van der Waals surface area contributed by atoms with Crippen LogP contribution >= 0.6 is 0 Å². The number of fused-ring (bicyclic) bond motifs is 1. The van der Waals surface area contributed by atoms with E-state index in [0.29, 0.717) is 34.6 Å². The zero-order valence-corrected chi connectivity index (χ0v) is 19.5. The van der Waals surface area contributed by atoms with Crippen LogP contribution < -0.4 is 10.2 Å². The summed E-state index contributed by atoms with van der Waals surface area (Å²) in [7, 11) is 0. The smallest absolute Gasteiger partial charge is 0.303 e. The zero-order valence-electron chi connectivity index (χ0n) is 19.5. The highest BCUT2D eigenvalue weighted by molar-refractivity contribution is 6.06. The number of halogens is 1. The van der Waals surface area contributed by atoms with E-state index in [1.54, 1.807) is 35.2 Å². The van der Waals surface area contributed by atoms with Crippen LogP contribution in [0.1, 0.15) is 48.8 Å². The highest BCUT2D eigenvalue weighted by Crippen LogP contribution is 2.47. The van der Waals surface area contributed by atoms with E-state index >= 15 is 0 Å². The van der Waals surface area contributed by atoms with E-state index in [4.69, 9.17) is 0 Å². The fourth-order valence-electron chi connectivity index (χ4n) is 5.18. The molecule has 1 aliphatic heterocycles. The molecule has 0 bridgehead atoms. The van der Waals surface area contributed by atoms with Gasteiger partial charge in [-0.05, 0) is 41.7 Å². The minimum atomic E-state index is -1.07. The second-order valence-corrected chi connectivity index (χ2v) is 9.05. The summed E-state index contributed by atoms with van der Waals surface area (Å²) in [6.07, 6.45) is -0.0155. The summed E-state index contributed by atoms with van der Waals surface area (Å²) in [5.41, 5.74) is 3.52. The van der Waals surface area contributed by atoms with Crippen molar-refractivity contribution in [1.82, 2.24) is 0 Å². The van der Waals surface area contributed by atoms with Crippen molar-refractivity contribution in [2.24, 2.45) is 0 Å². The molecule has 0 fully saturated rings. The first-order chi connectivity index (χ1) is 17.4. The van der Waals surface area contributed by atoms with Gasteiger partial charge >= 0.3 is 5.97 Å². The van der Waals surface area contributed by atoms with E-state index in [-0.39, 0.29) is 36.8 Å². The predicted octanol–water partition coefficient (Wildman–Crippen LogP) is 5.59. The van der Waals surface area contributed by atoms with Crippen molar-refractivity contribution in [2.45, 2.75) is 37.6 Å². The number of benzene rings is 3. The van der Waals surface area contributed by atoms with Crippen LogP contribution in [0.25, 0.3) is 0 Å². The molecular formula is C29H25FN2O4. The molecule has 2 atom stereocenters. The number of hydrogen-bond acceptors (Lipinski definition) is 4. The lowest BCUT2D eigenvalue weighted by Crippen LogP contribution is -2.38. The monoisotopic (exact) mass is 484 g/mol. The Bertz CT molecular complexity index is 1370. The van der Waals surface area contributed by atoms with Gasteiger partial charge in [0.15, 0.2) is 5.78 Å². The van der Waals surface area contributed by atoms with E-state index in [1.807, 2.05) is 42.5 Å². The number of aliphatic carboxylic acids is 1. The first-order valence-corrected chi connectivity index (χ1v) is 11.9. The second kappa shape index (κ2) is 9.77. The van der Waals surface area contributed by atoms with Crippen LogP contribution in [-0.4, -0.2) is 22.8 Å². The molecule has 0 spiro atoms. The molecular weight excluding hydrogens is 459 g/mol. The minimum Gasteiger partial charge on any atom is -0.481 e. The summed E-state index contributed by atoms with van der Waals surface area (Å²) in [6.45, 7) is 0. The molecule has 2 N–H and O–H groups in total. The molecule has 0 aromatic heterocycles. The molecule has 182 valence electrons. The lowest BCUT2D eigenvalue weighted by atomic mass is 9.78. The van der Waals surface area contributed by atoms with E-state index in [9.17, 15) is 23.9 Å². The molecule has 7 heteroatoms. The predicted molar refractivity (Wildman–Crippen MR) is 134 cm³/mol. The van der Waals surface area contributed by atoms with Crippen LogP contribution in [-0.2, 0) is 14.4 Å². The molecule has 0 unspecified atom stereocenters. The molecule has 3 aromatic rings. The molecule has 36 heavy (non-hydrogen) atoms. The van der Waals surface area contributed by atoms with Crippen LogP contribution in [0.2, 0.25) is 0 Å². The fraction of sp³-hybridized carbons (Fsp3) is 0.207. The van der Waals surface area contributed by atoms with Crippen molar-refractivity contribution in [3.63, 3.8) is 0 Å². The number of carboxylic acid groups (broad SMARTS) is 1. The molecule has 1 aliphatic carbocycles. The summed E-state index contributed by atoms with van der Waals surface area (Å²) in [6, 6.07) is 22.2. The van der Waals surface area contributed by atoms with Gasteiger partial charge in [0.25, 0.3) is 0 Å². The summed E-state index contributed by atoms with van der Waals surface area (Å²) in [4.78, 5) is 40.2. The average Bonchev–Trinajstić information content (AvgIpc) is 3.02. The van der Waals surface area contributed by atoms with Crippen LogP contribution in [0, 0.1) is 5.82 Å². The van der Waals surface area contributed by atoms with Gasteiger partial charge in [0.2, 0.25) is 5.91 Å². The number of hydrogen-bond donors (Lipinski definition) is 2. The molecule has 0 saturated heterocycles. The van der Waals surface area contributed by atoms with Crippen molar-refractivity contribution >= 4 is 29.0 Å². The van der Waals surface area contributed by atoms with Crippen LogP contribution in [0.3, 0.4) is 0 Å². The highest BCUT2D eigenvalue weighted by atomic mass is 19.1. The van der Waals surface area contributed by atoms with Crippen molar-refractivity contribution < 1.29 is 23.9 Å². The zero-order chi connectivity index (χ0) is 25.2. The van der Waals surface area contributed by atoms with Crippen LogP contribution in [0.15, 0.2) is 90.1 Å². The Morgan fingerprint density at radius 1 is 0.917 bits per heavy atom. The van der Waals surface area contributed by atoms with Gasteiger partial charge in [-0.2, -0.15) is 0 Å². The topological polar surface area (TPSA) is 86.7 Å². The maximum atomic E-state index is 14.7. The van der Waals surface area contributed by atoms with Gasteiger partial charge < -0.3 is 10.4 Å². The third kappa shape index (κ3) is 4.40. The van der Waals surface area contributed by atoms with E-state index in [1.165, 1.54) is 6.07 Å². The van der Waals surface area contributed by atoms with Crippen LogP contribution in [0.4, 0.5) is 15.8 Å². The maximum Gasteiger partial charge on any atom is 0.303 e. The molecule has 6 nitrogen and oxygen atoms in total. The lowest BCUT2D eigenvalue weighted by Gasteiger charge is -2.35. The Balaban J connectivity index is 1.68. The number of nitrogens with one attached hydrogen (secondary N) is 1. The fourth-order valence-corrected chi connectivity index (χ4v) is 5.18. The SMILES string of the molecule is O=C(O)CCC(=O)N1c2ccccc2NC2=C(C(=O)C[C@@H](c3ccccc3F)C2)[C@@H]1c1ccccc1. The Labute approximate surface area is 208 Å². The van der Waals surface area contributed by atoms with Gasteiger partial charge in [-0.1, -0.05) is 60.7 Å². The number of carboxylic acids is 1. The van der Waals surface area contributed by atoms with Crippen molar-refractivity contribution in [3.05, 3.63) is 107 Å². The summed E-state index contributed by atoms with van der Waals surface area (Å²) >= 11 is 0. The maximum absolute atomic E-state index is 14.7. The molecule has 0 saturated carbocycles. The van der Waals surface area contributed by atoms with Crippen molar-refractivity contribution in [2.75, 3.05) is 10.2 Å². The number of anilines is 2. The van der Waals surface area contributed by atoms with Gasteiger partial charge in [0.1, 0.15) is 5.82 Å². The molecule has 3 aromatic carbocycles. The lowest BCUT2D eigenvalue weighted by molar-refractivity contribution is -0.138. The van der Waals surface area contributed by atoms with Gasteiger partial charge in [-0.3, -0.25) is 19.3 Å². The second-order valence-electron chi connectivity index (χ2n) is 9.05. The van der Waals surface area contributed by atoms with E-state index in [2.05, 4.69) is 5.32 Å². The van der Waals surface area contributed by atoms with Gasteiger partial charge in [0.05, 0.1) is 23.8 Å². The molecule has 1 amide bonds. The molecule has 2 aliphatic rings. The minimum absolute atomic E-state index is 0.109. The average molecular weight is 485 g/mol. The van der Waals surface area contributed by atoms with Crippen molar-refractivity contribution in [1.29, 1.82) is 0 Å². The first kappa shape index (κ1) is 23.5. The largest absolute Gasteiger partial charge is 0.481 e. The standard InChI is InChI=1S/C29H25FN2O4/c30-21-11-5-4-10-20(21)19-16-23-28(25(33)17-19)29(18-8-2-1-3-9-18)32(26(34)14-15-27(35)36)24-13-7-6-12-22(24)31-23/h1-13,19,29,31H,14-17H2,(H,35,36)/t19-,29-/m0/s1. The Morgan fingerprint density at radius 2 is 1.61 bits per heavy atom. The third-order valence-electron chi connectivity index (χ3n) is 6.77. The number of Topliss-reactive ketones (excluding diaryl/α,β-unsaturated/α-hetero) is 1. The van der Waals surface area contributed by atoms with Crippen LogP contribution in [0.5, 0.6) is 0 Å². The number of amides is 1. The first-order valence-electron chi connectivity index (χ1n) is 11.9. The molecule has 1 heterocycles. The van der Waals surface area contributed by atoms with E-state index in [0.717, 1.165) is 5.56 Å². The third-order valence-corrected chi connectivity index (χ3v) is 6.77. The number of nitrogens with zero attached hydrogens (tertiary/aromatic N) is 1. The summed E-state index contributed by atoms with van der Waals surface area (Å²) in [5, 5.41) is 12.6. The normalized spacial score (nSPS) is 19.1. The molecule has 5 rings (SSSR count). The van der Waals surface area contributed by atoms with Crippen molar-refractivity contribution in [3.8, 4) is 0 Å². The number of rotatable bonds is 5. The number of ketones is 1. The van der Waals surface area contributed by atoms with Gasteiger partial charge in [-0.15, -0.1) is 0 Å². The summed E-state index contributed by atoms with van der Waals surface area (Å²) < 4.78 is 14.7. The number of carbonyl (C=O) groups is 3. The Kier molecular flexibility index (Phi) is 6.38.